The van der Waals surface area contributed by atoms with Gasteiger partial charge >= 0.3 is 10.2 Å². The first-order valence-corrected chi connectivity index (χ1v) is 5.44. The van der Waals surface area contributed by atoms with Crippen molar-refractivity contribution in [3.8, 4) is 0 Å². The summed E-state index contributed by atoms with van der Waals surface area (Å²) in [7, 11) is -10.1. The molecule has 1 aromatic carbocycles. The number of benzene rings is 1. The summed E-state index contributed by atoms with van der Waals surface area (Å²) < 4.78 is 73.4. The van der Waals surface area contributed by atoms with Gasteiger partial charge < -0.3 is 0 Å². The summed E-state index contributed by atoms with van der Waals surface area (Å²) in [5.41, 5.74) is -1.39. The maximum Gasteiger partial charge on any atom is 0.310 e. The molecule has 0 aliphatic heterocycles. The number of halogens is 6. The summed E-state index contributed by atoms with van der Waals surface area (Å²) in [6, 6.07) is -0.758. The smallest absolute Gasteiger partial charge is 0.258 e. The van der Waals surface area contributed by atoms with E-state index < -0.39 is 43.7 Å². The Kier molecular flexibility index (Phi) is 2.06. The molecule has 0 spiro atoms. The van der Waals surface area contributed by atoms with Gasteiger partial charge in [0, 0.05) is 6.07 Å². The van der Waals surface area contributed by atoms with Crippen LogP contribution in [-0.2, 0) is 0 Å². The highest BCUT2D eigenvalue weighted by molar-refractivity contribution is 8.45. The fraction of sp³-hybridized carbons (Fsp3) is 0. The average molecular weight is 267 g/mol. The van der Waals surface area contributed by atoms with Crippen LogP contribution in [0.5, 0.6) is 0 Å². The minimum Gasteiger partial charge on any atom is -0.258 e. The van der Waals surface area contributed by atoms with Crippen molar-refractivity contribution in [2.45, 2.75) is 4.90 Å². The summed E-state index contributed by atoms with van der Waals surface area (Å²) in [6.45, 7) is 0. The van der Waals surface area contributed by atoms with E-state index in [2.05, 4.69) is 0 Å². The van der Waals surface area contributed by atoms with E-state index in [1.54, 1.807) is 0 Å². The van der Waals surface area contributed by atoms with E-state index in [-0.39, 0.29) is 6.07 Å². The van der Waals surface area contributed by atoms with Gasteiger partial charge in [0.25, 0.3) is 5.69 Å². The Morgan fingerprint density at radius 3 is 1.94 bits per heavy atom. The second kappa shape index (κ2) is 2.62. The molecular weight excluding hydrogens is 264 g/mol. The van der Waals surface area contributed by atoms with Crippen molar-refractivity contribution in [3.05, 3.63) is 34.1 Å². The first-order valence-electron chi connectivity index (χ1n) is 3.49. The number of hydrogen-bond donors (Lipinski definition) is 0. The van der Waals surface area contributed by atoms with Gasteiger partial charge in [-0.25, -0.2) is 4.39 Å². The highest BCUT2D eigenvalue weighted by Gasteiger charge is 2.66. The molecule has 10 heteroatoms. The molecule has 3 nitrogen and oxygen atoms in total. The van der Waals surface area contributed by atoms with Crippen molar-refractivity contribution >= 4 is 15.9 Å². The molecule has 0 saturated carbocycles. The van der Waals surface area contributed by atoms with Gasteiger partial charge in [0.2, 0.25) is 0 Å². The van der Waals surface area contributed by atoms with Gasteiger partial charge in [0.05, 0.1) is 11.0 Å². The predicted molar refractivity (Wildman–Crippen MR) is 44.5 cm³/mol. The first kappa shape index (κ1) is 12.6. The number of nitro groups is 1. The Balaban J connectivity index is 3.56. The molecule has 1 rings (SSSR count). The van der Waals surface area contributed by atoms with E-state index >= 15 is 0 Å². The van der Waals surface area contributed by atoms with E-state index in [0.717, 1.165) is 0 Å². The van der Waals surface area contributed by atoms with Crippen LogP contribution in [0, 0.1) is 15.9 Å². The first-order chi connectivity index (χ1) is 6.79. The molecule has 0 aromatic heterocycles. The van der Waals surface area contributed by atoms with E-state index in [0.29, 0.717) is 0 Å². The predicted octanol–water partition coefficient (Wildman–Crippen LogP) is 4.39. The Bertz CT molecular complexity index is 469. The van der Waals surface area contributed by atoms with Crippen LogP contribution in [0.2, 0.25) is 0 Å². The quantitative estimate of drug-likeness (QED) is 0.453. The van der Waals surface area contributed by atoms with Gasteiger partial charge in [0.1, 0.15) is 10.7 Å². The zero-order valence-electron chi connectivity index (χ0n) is 7.17. The van der Waals surface area contributed by atoms with Crippen molar-refractivity contribution in [1.82, 2.24) is 0 Å². The molecule has 0 radical (unpaired) electrons. The van der Waals surface area contributed by atoms with Crippen LogP contribution >= 0.6 is 10.2 Å². The number of nitrogens with zero attached hydrogens (tertiary/aromatic N) is 1. The van der Waals surface area contributed by atoms with Crippen molar-refractivity contribution < 1.29 is 28.7 Å². The maximum atomic E-state index is 12.5. The number of non-ortho nitro benzene ring substituents is 1. The Hall–Kier alpha value is -1.45. The van der Waals surface area contributed by atoms with E-state index in [1.165, 1.54) is 0 Å². The molecule has 0 bridgehead atoms. The zero-order valence-corrected chi connectivity index (χ0v) is 7.99. The lowest BCUT2D eigenvalue weighted by molar-refractivity contribution is -0.385. The molecular formula is C6H3F6NO2S. The van der Waals surface area contributed by atoms with Gasteiger partial charge in [-0.3, -0.25) is 10.1 Å². The van der Waals surface area contributed by atoms with Gasteiger partial charge in [-0.2, -0.15) is 0 Å². The Labute approximate surface area is 84.6 Å². The molecule has 0 heterocycles. The normalized spacial score (nSPS) is 16.4. The SMILES string of the molecule is O=[N+]([O-])c1cc(F)cc(S(F)(F)(F)(F)F)c1. The second-order valence-electron chi connectivity index (χ2n) is 2.87. The van der Waals surface area contributed by atoms with Crippen LogP contribution in [-0.4, -0.2) is 4.92 Å². The van der Waals surface area contributed by atoms with Crippen molar-refractivity contribution in [3.63, 3.8) is 0 Å². The number of rotatable bonds is 2. The summed E-state index contributed by atoms with van der Waals surface area (Å²) in [5, 5.41) is 10.1. The van der Waals surface area contributed by atoms with Crippen LogP contribution < -0.4 is 0 Å². The standard InChI is InChI=1S/C6H3F6NO2S/c7-4-1-5(13(14)15)3-6(2-4)16(8,9,10,11)12/h1-3H. The van der Waals surface area contributed by atoms with Crippen LogP contribution in [0.3, 0.4) is 0 Å². The second-order valence-corrected chi connectivity index (χ2v) is 5.28. The van der Waals surface area contributed by atoms with Gasteiger partial charge in [-0.05, 0) is 6.07 Å². The van der Waals surface area contributed by atoms with Crippen molar-refractivity contribution in [1.29, 1.82) is 0 Å². The molecule has 0 fully saturated rings. The van der Waals surface area contributed by atoms with Crippen LogP contribution in [0.4, 0.5) is 29.5 Å². The van der Waals surface area contributed by atoms with Gasteiger partial charge in [0.15, 0.2) is 0 Å². The molecule has 0 N–H and O–H groups in total. The monoisotopic (exact) mass is 267 g/mol. The lowest BCUT2D eigenvalue weighted by atomic mass is 10.3. The largest absolute Gasteiger partial charge is 0.310 e. The van der Waals surface area contributed by atoms with Gasteiger partial charge in [-0.15, -0.1) is 0 Å². The van der Waals surface area contributed by atoms with Crippen molar-refractivity contribution in [2.24, 2.45) is 0 Å². The molecule has 0 aliphatic carbocycles. The molecule has 0 aliphatic rings. The zero-order chi connectivity index (χ0) is 12.8. The van der Waals surface area contributed by atoms with E-state index in [9.17, 15) is 33.9 Å². The van der Waals surface area contributed by atoms with Crippen molar-refractivity contribution in [2.75, 3.05) is 0 Å². The molecule has 16 heavy (non-hydrogen) atoms. The highest BCUT2D eigenvalue weighted by Crippen LogP contribution is 3.02. The number of hydrogen-bond acceptors (Lipinski definition) is 2. The van der Waals surface area contributed by atoms with Crippen LogP contribution in [0.15, 0.2) is 23.1 Å². The summed E-state index contributed by atoms with van der Waals surface area (Å²) >= 11 is 0. The van der Waals surface area contributed by atoms with Crippen LogP contribution in [0.1, 0.15) is 0 Å². The van der Waals surface area contributed by atoms with E-state index in [1.807, 2.05) is 0 Å². The number of nitro benzene ring substituents is 1. The lowest BCUT2D eigenvalue weighted by Gasteiger charge is -2.40. The third-order valence-corrected chi connectivity index (χ3v) is 2.64. The third kappa shape index (κ3) is 2.78. The highest BCUT2D eigenvalue weighted by atomic mass is 32.5. The van der Waals surface area contributed by atoms with Crippen LogP contribution in [0.25, 0.3) is 0 Å². The van der Waals surface area contributed by atoms with Gasteiger partial charge in [-0.1, -0.05) is 19.4 Å². The Morgan fingerprint density at radius 1 is 1.06 bits per heavy atom. The summed E-state index contributed by atoms with van der Waals surface area (Å²) in [5.74, 6) is -1.75. The molecule has 0 amide bonds. The lowest BCUT2D eigenvalue weighted by Crippen LogP contribution is -2.07. The molecule has 0 unspecified atom stereocenters. The molecule has 1 aromatic rings. The Morgan fingerprint density at radius 2 is 1.56 bits per heavy atom. The molecule has 0 saturated heterocycles. The summed E-state index contributed by atoms with van der Waals surface area (Å²) in [6.07, 6.45) is 0. The average Bonchev–Trinajstić information content (AvgIpc) is 1.98. The molecule has 0 atom stereocenters. The van der Waals surface area contributed by atoms with E-state index in [4.69, 9.17) is 0 Å². The maximum absolute atomic E-state index is 12.5. The third-order valence-electron chi connectivity index (χ3n) is 1.51. The fourth-order valence-corrected chi connectivity index (χ4v) is 1.55. The minimum absolute atomic E-state index is 0.118. The fourth-order valence-electron chi connectivity index (χ4n) is 0.876. The topological polar surface area (TPSA) is 43.1 Å². The minimum atomic E-state index is -10.1. The molecule has 92 valence electrons. The summed E-state index contributed by atoms with van der Waals surface area (Å²) in [4.78, 5) is 6.07.